The fourth-order valence-corrected chi connectivity index (χ4v) is 7.10. The van der Waals surface area contributed by atoms with Gasteiger partial charge in [-0.1, -0.05) is 134 Å². The summed E-state index contributed by atoms with van der Waals surface area (Å²) in [6, 6.07) is 52.0. The fourth-order valence-electron chi connectivity index (χ4n) is 7.10. The molecule has 6 aromatic rings. The summed E-state index contributed by atoms with van der Waals surface area (Å²) in [5, 5.41) is 0. The van der Waals surface area contributed by atoms with Gasteiger partial charge in [-0.3, -0.25) is 9.97 Å². The first-order chi connectivity index (χ1) is 22.1. The van der Waals surface area contributed by atoms with Crippen LogP contribution in [0.4, 0.5) is 0 Å². The van der Waals surface area contributed by atoms with Crippen molar-refractivity contribution in [3.63, 3.8) is 0 Å². The lowest BCUT2D eigenvalue weighted by molar-refractivity contribution is 0.388. The average Bonchev–Trinajstić information content (AvgIpc) is 3.13. The van der Waals surface area contributed by atoms with Crippen LogP contribution in [0, 0.1) is 0 Å². The highest BCUT2D eigenvalue weighted by Gasteiger charge is 2.34. The molecule has 1 saturated carbocycles. The zero-order chi connectivity index (χ0) is 30.6. The SMILES string of the molecule is CC(C)(c1cccc(-c2ccccc2)n1)c1nc(-c2ccccc2)ccc1C1CCCC(c2ccc(-c3ccccc3)cc2)C1. The maximum atomic E-state index is 5.47. The van der Waals surface area contributed by atoms with Crippen LogP contribution in [0.3, 0.4) is 0 Å². The van der Waals surface area contributed by atoms with E-state index in [0.29, 0.717) is 11.8 Å². The lowest BCUT2D eigenvalue weighted by Gasteiger charge is -2.34. The summed E-state index contributed by atoms with van der Waals surface area (Å²) in [6.45, 7) is 4.60. The van der Waals surface area contributed by atoms with Crippen LogP contribution >= 0.6 is 0 Å². The van der Waals surface area contributed by atoms with E-state index >= 15 is 0 Å². The normalized spacial score (nSPS) is 16.8. The van der Waals surface area contributed by atoms with Crippen LogP contribution in [0.25, 0.3) is 33.6 Å². The van der Waals surface area contributed by atoms with Gasteiger partial charge < -0.3 is 0 Å². The Labute approximate surface area is 267 Å². The number of pyridine rings is 2. The molecule has 45 heavy (non-hydrogen) atoms. The van der Waals surface area contributed by atoms with E-state index in [1.807, 2.05) is 0 Å². The lowest BCUT2D eigenvalue weighted by atomic mass is 9.71. The van der Waals surface area contributed by atoms with E-state index in [-0.39, 0.29) is 5.41 Å². The summed E-state index contributed by atoms with van der Waals surface area (Å²) in [5.74, 6) is 0.985. The van der Waals surface area contributed by atoms with Crippen molar-refractivity contribution >= 4 is 0 Å². The van der Waals surface area contributed by atoms with Crippen molar-refractivity contribution in [2.24, 2.45) is 0 Å². The van der Waals surface area contributed by atoms with Crippen LogP contribution in [0.2, 0.25) is 0 Å². The zero-order valence-corrected chi connectivity index (χ0v) is 26.2. The number of benzene rings is 4. The van der Waals surface area contributed by atoms with E-state index in [1.54, 1.807) is 0 Å². The van der Waals surface area contributed by atoms with Crippen LogP contribution in [-0.2, 0) is 5.41 Å². The van der Waals surface area contributed by atoms with E-state index in [2.05, 4.69) is 159 Å². The van der Waals surface area contributed by atoms with Gasteiger partial charge >= 0.3 is 0 Å². The summed E-state index contributed by atoms with van der Waals surface area (Å²) in [5.41, 5.74) is 11.5. The second kappa shape index (κ2) is 12.7. The molecule has 0 spiro atoms. The first-order valence-electron chi connectivity index (χ1n) is 16.3. The Kier molecular flexibility index (Phi) is 8.13. The van der Waals surface area contributed by atoms with Gasteiger partial charge in [0.15, 0.2) is 0 Å². The quantitative estimate of drug-likeness (QED) is 0.186. The van der Waals surface area contributed by atoms with Crippen LogP contribution in [-0.4, -0.2) is 9.97 Å². The first kappa shape index (κ1) is 28.9. The molecule has 2 aromatic heterocycles. The van der Waals surface area contributed by atoms with Crippen molar-refractivity contribution < 1.29 is 0 Å². The molecule has 0 amide bonds. The Morgan fingerprint density at radius 2 is 1.04 bits per heavy atom. The molecule has 1 aliphatic rings. The monoisotopic (exact) mass is 584 g/mol. The first-order valence-corrected chi connectivity index (χ1v) is 16.3. The van der Waals surface area contributed by atoms with Crippen molar-refractivity contribution in [2.45, 2.75) is 56.8 Å². The average molecular weight is 585 g/mol. The van der Waals surface area contributed by atoms with E-state index in [4.69, 9.17) is 9.97 Å². The maximum Gasteiger partial charge on any atom is 0.0705 e. The molecule has 4 aromatic carbocycles. The second-order valence-electron chi connectivity index (χ2n) is 12.9. The van der Waals surface area contributed by atoms with E-state index in [0.717, 1.165) is 40.3 Å². The highest BCUT2D eigenvalue weighted by Crippen LogP contribution is 2.45. The third-order valence-electron chi connectivity index (χ3n) is 9.65. The van der Waals surface area contributed by atoms with Gasteiger partial charge in [-0.15, -0.1) is 0 Å². The summed E-state index contributed by atoms with van der Waals surface area (Å²) in [7, 11) is 0. The summed E-state index contributed by atoms with van der Waals surface area (Å²) in [4.78, 5) is 10.7. The third-order valence-corrected chi connectivity index (χ3v) is 9.65. The predicted octanol–water partition coefficient (Wildman–Crippen LogP) is 11.2. The van der Waals surface area contributed by atoms with Gasteiger partial charge in [-0.2, -0.15) is 0 Å². The molecule has 0 saturated heterocycles. The van der Waals surface area contributed by atoms with Gasteiger partial charge in [0, 0.05) is 16.5 Å². The van der Waals surface area contributed by atoms with E-state index in [9.17, 15) is 0 Å². The molecule has 222 valence electrons. The highest BCUT2D eigenvalue weighted by molar-refractivity contribution is 5.64. The standard InChI is InChI=1S/C43H40N2/c1-43(2,41-23-13-22-39(44-41)34-16-8-4-9-17-34)42-38(28-29-40(45-42)35-18-10-5-11-19-35)37-21-12-20-36(30-37)33-26-24-32(25-27-33)31-14-6-3-7-15-31/h3-11,13-19,22-29,36-37H,12,20-21,30H2,1-2H3. The van der Waals surface area contributed by atoms with Gasteiger partial charge in [0.2, 0.25) is 0 Å². The van der Waals surface area contributed by atoms with Crippen molar-refractivity contribution in [3.05, 3.63) is 168 Å². The molecule has 2 atom stereocenters. The highest BCUT2D eigenvalue weighted by atomic mass is 14.8. The molecule has 0 radical (unpaired) electrons. The second-order valence-corrected chi connectivity index (χ2v) is 12.9. The number of nitrogens with zero attached hydrogens (tertiary/aromatic N) is 2. The Morgan fingerprint density at radius 3 is 1.69 bits per heavy atom. The molecule has 0 N–H and O–H groups in total. The minimum absolute atomic E-state index is 0.380. The number of hydrogen-bond acceptors (Lipinski definition) is 2. The molecule has 0 bridgehead atoms. The minimum Gasteiger partial charge on any atom is -0.252 e. The third kappa shape index (κ3) is 6.11. The summed E-state index contributed by atoms with van der Waals surface area (Å²) < 4.78 is 0. The van der Waals surface area contributed by atoms with Crippen LogP contribution < -0.4 is 0 Å². The summed E-state index contributed by atoms with van der Waals surface area (Å²) >= 11 is 0. The zero-order valence-electron chi connectivity index (χ0n) is 26.2. The Bertz CT molecular complexity index is 1860. The molecule has 1 aliphatic carbocycles. The molecule has 2 nitrogen and oxygen atoms in total. The molecule has 2 heterocycles. The van der Waals surface area contributed by atoms with Crippen LogP contribution in [0.15, 0.2) is 146 Å². The van der Waals surface area contributed by atoms with Crippen molar-refractivity contribution in [2.75, 3.05) is 0 Å². The molecule has 1 fully saturated rings. The van der Waals surface area contributed by atoms with Gasteiger partial charge in [0.25, 0.3) is 0 Å². The van der Waals surface area contributed by atoms with Gasteiger partial charge in [0.05, 0.1) is 22.8 Å². The van der Waals surface area contributed by atoms with Crippen molar-refractivity contribution in [1.29, 1.82) is 0 Å². The largest absolute Gasteiger partial charge is 0.252 e. The topological polar surface area (TPSA) is 25.8 Å². The maximum absolute atomic E-state index is 5.47. The molecular formula is C43H40N2. The smallest absolute Gasteiger partial charge is 0.0705 e. The van der Waals surface area contributed by atoms with Crippen LogP contribution in [0.5, 0.6) is 0 Å². The van der Waals surface area contributed by atoms with Gasteiger partial charge in [-0.25, -0.2) is 0 Å². The van der Waals surface area contributed by atoms with Crippen molar-refractivity contribution in [1.82, 2.24) is 9.97 Å². The molecule has 2 unspecified atom stereocenters. The van der Waals surface area contributed by atoms with Gasteiger partial charge in [0.1, 0.15) is 0 Å². The number of aromatic nitrogens is 2. The fraction of sp³-hybridized carbons (Fsp3) is 0.209. The predicted molar refractivity (Wildman–Crippen MR) is 187 cm³/mol. The Hall–Kier alpha value is -4.82. The Balaban J connectivity index is 1.25. The minimum atomic E-state index is -0.380. The molecule has 7 rings (SSSR count). The molecule has 0 aliphatic heterocycles. The van der Waals surface area contributed by atoms with Gasteiger partial charge in [-0.05, 0) is 85.4 Å². The van der Waals surface area contributed by atoms with E-state index < -0.39 is 0 Å². The number of rotatable bonds is 7. The molecule has 2 heteroatoms. The lowest BCUT2D eigenvalue weighted by Crippen LogP contribution is -2.26. The van der Waals surface area contributed by atoms with Crippen LogP contribution in [0.1, 0.15) is 73.9 Å². The van der Waals surface area contributed by atoms with Crippen molar-refractivity contribution in [3.8, 4) is 33.6 Å². The Morgan fingerprint density at radius 1 is 0.489 bits per heavy atom. The molecular weight excluding hydrogens is 544 g/mol. The summed E-state index contributed by atoms with van der Waals surface area (Å²) in [6.07, 6.45) is 4.77. The number of hydrogen-bond donors (Lipinski definition) is 0. The van der Waals surface area contributed by atoms with E-state index in [1.165, 1.54) is 41.5 Å².